The number of hydrogen-bond donors (Lipinski definition) is 0. The second kappa shape index (κ2) is 6.07. The van der Waals surface area contributed by atoms with Crippen molar-refractivity contribution in [3.63, 3.8) is 0 Å². The number of halogens is 3. The van der Waals surface area contributed by atoms with E-state index in [0.717, 1.165) is 12.1 Å². The van der Waals surface area contributed by atoms with Crippen LogP contribution in [0.2, 0.25) is 0 Å². The van der Waals surface area contributed by atoms with Gasteiger partial charge in [0.1, 0.15) is 5.82 Å². The van der Waals surface area contributed by atoms with Crippen molar-refractivity contribution in [3.05, 3.63) is 46.6 Å². The van der Waals surface area contributed by atoms with Crippen LogP contribution in [0.15, 0.2) is 39.3 Å². The molecule has 2 aromatic rings. The van der Waals surface area contributed by atoms with Gasteiger partial charge in [-0.05, 0) is 34.1 Å². The van der Waals surface area contributed by atoms with E-state index in [1.54, 1.807) is 6.07 Å². The van der Waals surface area contributed by atoms with Gasteiger partial charge in [0.15, 0.2) is 11.6 Å². The van der Waals surface area contributed by atoms with Gasteiger partial charge in [-0.3, -0.25) is 0 Å². The zero-order valence-electron chi connectivity index (χ0n) is 11.1. The van der Waals surface area contributed by atoms with E-state index < -0.39 is 21.4 Å². The highest BCUT2D eigenvalue weighted by atomic mass is 79.9. The third-order valence-electron chi connectivity index (χ3n) is 2.22. The van der Waals surface area contributed by atoms with Gasteiger partial charge in [-0.1, -0.05) is 0 Å². The van der Waals surface area contributed by atoms with Gasteiger partial charge in [-0.25, -0.2) is 18.0 Å². The van der Waals surface area contributed by atoms with E-state index in [9.17, 15) is 13.0 Å². The molecule has 0 radical (unpaired) electrons. The Morgan fingerprint density at radius 2 is 2.00 bits per heavy atom. The molecule has 1 heterocycles. The maximum absolute atomic E-state index is 13.5. The van der Waals surface area contributed by atoms with Crippen LogP contribution in [0.5, 0.6) is 11.6 Å². The van der Waals surface area contributed by atoms with Gasteiger partial charge in [0, 0.05) is 28.3 Å². The van der Waals surface area contributed by atoms with Crippen LogP contribution in [0.4, 0.5) is 14.5 Å². The van der Waals surface area contributed by atoms with Gasteiger partial charge in [0.2, 0.25) is 5.88 Å². The summed E-state index contributed by atoms with van der Waals surface area (Å²) in [5.41, 5.74) is 0.406. The predicted molar refractivity (Wildman–Crippen MR) is 80.4 cm³/mol. The summed E-state index contributed by atoms with van der Waals surface area (Å²) in [5.74, 6) is -1.58. The first-order valence-electron chi connectivity index (χ1n) is 5.70. The smallest absolute Gasteiger partial charge is 0.233 e. The molecule has 2 rings (SSSR count). The highest BCUT2D eigenvalue weighted by Crippen LogP contribution is 2.32. The number of aromatic nitrogens is 1. The lowest BCUT2D eigenvalue weighted by molar-refractivity contribution is 0.421. The molecule has 21 heavy (non-hydrogen) atoms. The fraction of sp³-hybridized carbons (Fsp3) is 0.154. The lowest BCUT2D eigenvalue weighted by Gasteiger charge is -2.08. The molecule has 0 bridgehead atoms. The molecule has 112 valence electrons. The molecule has 0 saturated carbocycles. The van der Waals surface area contributed by atoms with Gasteiger partial charge < -0.3 is 4.74 Å². The van der Waals surface area contributed by atoms with Crippen molar-refractivity contribution in [2.75, 3.05) is 12.5 Å². The maximum Gasteiger partial charge on any atom is 0.233 e. The van der Waals surface area contributed by atoms with Gasteiger partial charge in [0.05, 0.1) is 16.4 Å². The zero-order valence-corrected chi connectivity index (χ0v) is 13.5. The molecule has 1 aromatic heterocycles. The van der Waals surface area contributed by atoms with Crippen molar-refractivity contribution in [2.24, 2.45) is 4.36 Å². The van der Waals surface area contributed by atoms with Crippen molar-refractivity contribution in [3.8, 4) is 11.6 Å². The van der Waals surface area contributed by atoms with Crippen molar-refractivity contribution in [1.82, 2.24) is 4.98 Å². The topological polar surface area (TPSA) is 51.5 Å². The van der Waals surface area contributed by atoms with E-state index in [0.29, 0.717) is 10.2 Å². The van der Waals surface area contributed by atoms with Gasteiger partial charge in [-0.2, -0.15) is 4.36 Å². The average molecular weight is 377 g/mol. The highest BCUT2D eigenvalue weighted by Gasteiger charge is 2.10. The van der Waals surface area contributed by atoms with Crippen LogP contribution in [0.1, 0.15) is 0 Å². The second-order valence-electron chi connectivity index (χ2n) is 4.43. The van der Waals surface area contributed by atoms with E-state index in [1.165, 1.54) is 24.8 Å². The van der Waals surface area contributed by atoms with E-state index in [1.807, 2.05) is 0 Å². The summed E-state index contributed by atoms with van der Waals surface area (Å²) in [6, 6.07) is 4.52. The molecule has 1 aromatic carbocycles. The Kier molecular flexibility index (Phi) is 4.58. The second-order valence-corrected chi connectivity index (χ2v) is 7.83. The van der Waals surface area contributed by atoms with Crippen LogP contribution < -0.4 is 4.74 Å². The number of benzene rings is 1. The number of rotatable bonds is 3. The SMILES string of the molecule is CS(C)(=O)=Nc1cnc(Oc2ccc(F)cc2F)c(Br)c1. The van der Waals surface area contributed by atoms with Crippen LogP contribution in [-0.2, 0) is 9.73 Å². The van der Waals surface area contributed by atoms with Crippen LogP contribution in [-0.4, -0.2) is 21.7 Å². The first-order chi connectivity index (χ1) is 9.74. The fourth-order valence-electron chi connectivity index (χ4n) is 1.46. The van der Waals surface area contributed by atoms with Crippen molar-refractivity contribution >= 4 is 31.3 Å². The Labute approximate surface area is 129 Å². The molecule has 0 atom stereocenters. The molecule has 0 N–H and O–H groups in total. The summed E-state index contributed by atoms with van der Waals surface area (Å²) in [5, 5.41) is 0. The lowest BCUT2D eigenvalue weighted by Crippen LogP contribution is -1.93. The van der Waals surface area contributed by atoms with Crippen molar-refractivity contribution in [1.29, 1.82) is 0 Å². The maximum atomic E-state index is 13.5. The minimum atomic E-state index is -2.31. The largest absolute Gasteiger partial charge is 0.435 e. The lowest BCUT2D eigenvalue weighted by atomic mass is 10.3. The summed E-state index contributed by atoms with van der Waals surface area (Å²) in [6.07, 6.45) is 4.35. The van der Waals surface area contributed by atoms with Crippen LogP contribution in [0.25, 0.3) is 0 Å². The van der Waals surface area contributed by atoms with Gasteiger partial charge in [0.25, 0.3) is 0 Å². The molecule has 0 aliphatic rings. The summed E-state index contributed by atoms with van der Waals surface area (Å²) >= 11 is 3.21. The van der Waals surface area contributed by atoms with E-state index in [2.05, 4.69) is 25.3 Å². The number of ether oxygens (including phenoxy) is 1. The molecule has 0 spiro atoms. The number of pyridine rings is 1. The molecule has 4 nitrogen and oxygen atoms in total. The monoisotopic (exact) mass is 376 g/mol. The quantitative estimate of drug-likeness (QED) is 0.803. The minimum Gasteiger partial charge on any atom is -0.435 e. The van der Waals surface area contributed by atoms with Gasteiger partial charge >= 0.3 is 0 Å². The molecule has 0 aliphatic carbocycles. The van der Waals surface area contributed by atoms with Gasteiger partial charge in [-0.15, -0.1) is 0 Å². The minimum absolute atomic E-state index is 0.0955. The Balaban J connectivity index is 2.32. The molecular formula is C13H11BrF2N2O2S. The van der Waals surface area contributed by atoms with Crippen molar-refractivity contribution < 1.29 is 17.7 Å². The standard InChI is InChI=1S/C13H11BrF2N2O2S/c1-21(2,19)18-9-6-10(14)13(17-7-9)20-12-4-3-8(15)5-11(12)16/h3-7H,1-2H3. The van der Waals surface area contributed by atoms with Crippen molar-refractivity contribution in [2.45, 2.75) is 0 Å². The van der Waals surface area contributed by atoms with Crippen LogP contribution >= 0.6 is 15.9 Å². The average Bonchev–Trinajstić information content (AvgIpc) is 2.33. The number of nitrogens with zero attached hydrogens (tertiary/aromatic N) is 2. The fourth-order valence-corrected chi connectivity index (χ4v) is 2.48. The summed E-state index contributed by atoms with van der Waals surface area (Å²) in [4.78, 5) is 3.97. The first kappa shape index (κ1) is 15.8. The Bertz CT molecular complexity index is 797. The first-order valence-corrected chi connectivity index (χ1v) is 8.82. The van der Waals surface area contributed by atoms with Crippen LogP contribution in [0, 0.1) is 11.6 Å². The van der Waals surface area contributed by atoms with Crippen LogP contribution in [0.3, 0.4) is 0 Å². The summed E-state index contributed by atoms with van der Waals surface area (Å²) in [7, 11) is -2.31. The zero-order chi connectivity index (χ0) is 15.6. The molecule has 0 unspecified atom stereocenters. The Hall–Kier alpha value is -1.54. The number of hydrogen-bond acceptors (Lipinski definition) is 4. The Morgan fingerprint density at radius 3 is 2.57 bits per heavy atom. The molecule has 8 heteroatoms. The van der Waals surface area contributed by atoms with E-state index in [4.69, 9.17) is 4.74 Å². The highest BCUT2D eigenvalue weighted by molar-refractivity contribution is 9.10. The summed E-state index contributed by atoms with van der Waals surface area (Å²) < 4.78 is 47.6. The third-order valence-corrected chi connectivity index (χ3v) is 3.44. The molecule has 0 aliphatic heterocycles. The Morgan fingerprint density at radius 1 is 1.29 bits per heavy atom. The normalized spacial score (nSPS) is 11.3. The molecular weight excluding hydrogens is 366 g/mol. The molecule has 0 amide bonds. The summed E-state index contributed by atoms with van der Waals surface area (Å²) in [6.45, 7) is 0. The molecule has 0 saturated heterocycles. The third kappa shape index (κ3) is 4.47. The predicted octanol–water partition coefficient (Wildman–Crippen LogP) is 4.27. The van der Waals surface area contributed by atoms with E-state index in [-0.39, 0.29) is 11.6 Å². The molecule has 0 fully saturated rings. The van der Waals surface area contributed by atoms with E-state index >= 15 is 0 Å².